The summed E-state index contributed by atoms with van der Waals surface area (Å²) < 4.78 is 4.83. The lowest BCUT2D eigenvalue weighted by atomic mass is 9.99. The van der Waals surface area contributed by atoms with E-state index in [1.165, 1.54) is 23.4 Å². The van der Waals surface area contributed by atoms with Crippen LogP contribution in [0.5, 0.6) is 0 Å². The van der Waals surface area contributed by atoms with Gasteiger partial charge in [-0.1, -0.05) is 42.5 Å². The highest BCUT2D eigenvalue weighted by molar-refractivity contribution is 5.85. The first-order valence-electron chi connectivity index (χ1n) is 6.58. The van der Waals surface area contributed by atoms with Gasteiger partial charge in [-0.05, 0) is 22.8 Å². The molecule has 0 saturated carbocycles. The number of likely N-dealkylation sites (tertiary alicyclic amines) is 1. The monoisotopic (exact) mass is 255 g/mol. The van der Waals surface area contributed by atoms with Gasteiger partial charge < -0.3 is 4.74 Å². The summed E-state index contributed by atoms with van der Waals surface area (Å²) in [6, 6.07) is 14.6. The summed E-state index contributed by atoms with van der Waals surface area (Å²) in [5, 5.41) is 2.51. The largest absolute Gasteiger partial charge is 0.468 e. The minimum Gasteiger partial charge on any atom is -0.468 e. The zero-order valence-corrected chi connectivity index (χ0v) is 11.0. The Morgan fingerprint density at radius 1 is 1.26 bits per heavy atom. The highest BCUT2D eigenvalue weighted by Crippen LogP contribution is 2.25. The van der Waals surface area contributed by atoms with Gasteiger partial charge in [0.1, 0.15) is 6.04 Å². The van der Waals surface area contributed by atoms with Crippen molar-refractivity contribution in [2.75, 3.05) is 13.7 Å². The number of carbonyl (C=O) groups is 1. The first kappa shape index (κ1) is 12.2. The van der Waals surface area contributed by atoms with Crippen LogP contribution in [0.15, 0.2) is 42.5 Å². The Balaban J connectivity index is 1.84. The maximum Gasteiger partial charge on any atom is 0.323 e. The van der Waals surface area contributed by atoms with Crippen molar-refractivity contribution >= 4 is 16.7 Å². The third-order valence-electron chi connectivity index (χ3n) is 3.86. The average Bonchev–Trinajstić information content (AvgIpc) is 2.43. The Labute approximate surface area is 112 Å². The van der Waals surface area contributed by atoms with Crippen LogP contribution in [0, 0.1) is 0 Å². The molecular weight excluding hydrogens is 238 g/mol. The smallest absolute Gasteiger partial charge is 0.323 e. The second-order valence-electron chi connectivity index (χ2n) is 4.94. The molecule has 0 spiro atoms. The highest BCUT2D eigenvalue weighted by atomic mass is 16.5. The van der Waals surface area contributed by atoms with Crippen LogP contribution in [-0.4, -0.2) is 30.6 Å². The molecule has 19 heavy (non-hydrogen) atoms. The molecule has 1 fully saturated rings. The van der Waals surface area contributed by atoms with Gasteiger partial charge in [0.2, 0.25) is 0 Å². The van der Waals surface area contributed by atoms with Crippen LogP contribution in [0.3, 0.4) is 0 Å². The molecule has 0 amide bonds. The van der Waals surface area contributed by atoms with Crippen LogP contribution in [0.2, 0.25) is 0 Å². The summed E-state index contributed by atoms with van der Waals surface area (Å²) in [7, 11) is 1.46. The number of methoxy groups -OCH3 is 1. The number of benzene rings is 2. The number of hydrogen-bond acceptors (Lipinski definition) is 3. The van der Waals surface area contributed by atoms with E-state index in [0.29, 0.717) is 0 Å². The number of hydrogen-bond donors (Lipinski definition) is 0. The Morgan fingerprint density at radius 2 is 2.05 bits per heavy atom. The first-order chi connectivity index (χ1) is 9.29. The summed E-state index contributed by atoms with van der Waals surface area (Å²) in [4.78, 5) is 13.8. The molecule has 1 heterocycles. The van der Waals surface area contributed by atoms with Crippen LogP contribution in [0.25, 0.3) is 10.8 Å². The van der Waals surface area contributed by atoms with E-state index < -0.39 is 0 Å². The number of nitrogens with zero attached hydrogens (tertiary/aromatic N) is 1. The lowest BCUT2D eigenvalue weighted by molar-refractivity contribution is -0.152. The van der Waals surface area contributed by atoms with Gasteiger partial charge in [-0.3, -0.25) is 9.69 Å². The Kier molecular flexibility index (Phi) is 3.22. The Bertz CT molecular complexity index is 603. The number of esters is 1. The quantitative estimate of drug-likeness (QED) is 0.789. The molecule has 3 nitrogen and oxygen atoms in total. The molecule has 0 bridgehead atoms. The number of fused-ring (bicyclic) bond motifs is 1. The van der Waals surface area contributed by atoms with Gasteiger partial charge in [-0.25, -0.2) is 0 Å². The van der Waals surface area contributed by atoms with Crippen molar-refractivity contribution in [2.45, 2.75) is 19.0 Å². The number of carbonyl (C=O) groups excluding carboxylic acids is 1. The second-order valence-corrected chi connectivity index (χ2v) is 4.94. The molecular formula is C16H17NO2. The van der Waals surface area contributed by atoms with Gasteiger partial charge in [-0.2, -0.15) is 0 Å². The van der Waals surface area contributed by atoms with E-state index in [-0.39, 0.29) is 12.0 Å². The average molecular weight is 255 g/mol. The molecule has 1 aliphatic rings. The van der Waals surface area contributed by atoms with E-state index in [9.17, 15) is 4.79 Å². The topological polar surface area (TPSA) is 29.5 Å². The van der Waals surface area contributed by atoms with E-state index in [1.807, 2.05) is 6.07 Å². The molecule has 1 aliphatic heterocycles. The van der Waals surface area contributed by atoms with Crippen LogP contribution < -0.4 is 0 Å². The van der Waals surface area contributed by atoms with Crippen LogP contribution in [0.1, 0.15) is 12.0 Å². The molecule has 1 unspecified atom stereocenters. The molecule has 0 radical (unpaired) electrons. The lowest BCUT2D eigenvalue weighted by Crippen LogP contribution is -2.52. The SMILES string of the molecule is COC(=O)C1CCN1Cc1cccc2ccccc12. The summed E-state index contributed by atoms with van der Waals surface area (Å²) in [5.74, 6) is -0.119. The predicted octanol–water partition coefficient (Wildman–Crippen LogP) is 2.59. The summed E-state index contributed by atoms with van der Waals surface area (Å²) in [6.07, 6.45) is 0.900. The van der Waals surface area contributed by atoms with Gasteiger partial charge in [0.25, 0.3) is 0 Å². The number of ether oxygens (including phenoxy) is 1. The van der Waals surface area contributed by atoms with Gasteiger partial charge in [0, 0.05) is 13.1 Å². The normalized spacial score (nSPS) is 19.1. The second kappa shape index (κ2) is 5.02. The maximum absolute atomic E-state index is 11.6. The molecule has 2 aromatic rings. The molecule has 0 aromatic heterocycles. The van der Waals surface area contributed by atoms with E-state index in [2.05, 4.69) is 41.3 Å². The minimum atomic E-state index is -0.119. The van der Waals surface area contributed by atoms with Crippen molar-refractivity contribution in [3.63, 3.8) is 0 Å². The van der Waals surface area contributed by atoms with Crippen LogP contribution in [-0.2, 0) is 16.1 Å². The molecule has 0 aliphatic carbocycles. The third kappa shape index (κ3) is 2.22. The molecule has 98 valence electrons. The fourth-order valence-electron chi connectivity index (χ4n) is 2.68. The van der Waals surface area contributed by atoms with Crippen molar-refractivity contribution in [1.29, 1.82) is 0 Å². The maximum atomic E-state index is 11.6. The molecule has 3 heteroatoms. The molecule has 2 aromatic carbocycles. The van der Waals surface area contributed by atoms with Gasteiger partial charge in [-0.15, -0.1) is 0 Å². The predicted molar refractivity (Wildman–Crippen MR) is 74.8 cm³/mol. The highest BCUT2D eigenvalue weighted by Gasteiger charge is 2.34. The van der Waals surface area contributed by atoms with Gasteiger partial charge in [0.15, 0.2) is 0 Å². The van der Waals surface area contributed by atoms with Crippen LogP contribution >= 0.6 is 0 Å². The molecule has 0 N–H and O–H groups in total. The van der Waals surface area contributed by atoms with Crippen molar-refractivity contribution in [3.05, 3.63) is 48.0 Å². The Hall–Kier alpha value is -1.87. The van der Waals surface area contributed by atoms with Crippen molar-refractivity contribution in [1.82, 2.24) is 4.90 Å². The van der Waals surface area contributed by atoms with Crippen LogP contribution in [0.4, 0.5) is 0 Å². The van der Waals surface area contributed by atoms with Crippen molar-refractivity contribution in [3.8, 4) is 0 Å². The fourth-order valence-corrected chi connectivity index (χ4v) is 2.68. The zero-order valence-electron chi connectivity index (χ0n) is 11.0. The van der Waals surface area contributed by atoms with E-state index in [0.717, 1.165) is 19.5 Å². The lowest BCUT2D eigenvalue weighted by Gasteiger charge is -2.38. The van der Waals surface area contributed by atoms with Crippen molar-refractivity contribution in [2.24, 2.45) is 0 Å². The van der Waals surface area contributed by atoms with E-state index in [4.69, 9.17) is 4.74 Å². The first-order valence-corrected chi connectivity index (χ1v) is 6.58. The molecule has 3 rings (SSSR count). The fraction of sp³-hybridized carbons (Fsp3) is 0.312. The van der Waals surface area contributed by atoms with Crippen molar-refractivity contribution < 1.29 is 9.53 Å². The summed E-state index contributed by atoms with van der Waals surface area (Å²) in [5.41, 5.74) is 1.27. The summed E-state index contributed by atoms with van der Waals surface area (Å²) >= 11 is 0. The summed E-state index contributed by atoms with van der Waals surface area (Å²) in [6.45, 7) is 1.77. The number of rotatable bonds is 3. The third-order valence-corrected chi connectivity index (χ3v) is 3.86. The molecule has 1 saturated heterocycles. The van der Waals surface area contributed by atoms with E-state index >= 15 is 0 Å². The molecule has 1 atom stereocenters. The van der Waals surface area contributed by atoms with Gasteiger partial charge >= 0.3 is 5.97 Å². The zero-order chi connectivity index (χ0) is 13.2. The minimum absolute atomic E-state index is 0.0658. The standard InChI is InChI=1S/C16H17NO2/c1-19-16(18)15-9-10-17(15)11-13-7-4-6-12-5-2-3-8-14(12)13/h2-8,15H,9-11H2,1H3. The Morgan fingerprint density at radius 3 is 2.79 bits per heavy atom. The van der Waals surface area contributed by atoms with E-state index in [1.54, 1.807) is 0 Å². The van der Waals surface area contributed by atoms with Gasteiger partial charge in [0.05, 0.1) is 7.11 Å².